The van der Waals surface area contributed by atoms with Crippen LogP contribution < -0.4 is 0 Å². The molecule has 62 valence electrons. The Balaban J connectivity index is 2.83. The highest BCUT2D eigenvalue weighted by Crippen LogP contribution is 2.24. The maximum absolute atomic E-state index is 9.29. The van der Waals surface area contributed by atoms with Crippen molar-refractivity contribution in [2.75, 3.05) is 6.61 Å². The molecule has 0 spiro atoms. The third-order valence-electron chi connectivity index (χ3n) is 1.64. The van der Waals surface area contributed by atoms with Crippen molar-refractivity contribution in [1.29, 1.82) is 0 Å². The van der Waals surface area contributed by atoms with E-state index in [4.69, 9.17) is 5.11 Å². The van der Waals surface area contributed by atoms with E-state index in [0.29, 0.717) is 0 Å². The second-order valence-electron chi connectivity index (χ2n) is 2.36. The van der Waals surface area contributed by atoms with Crippen LogP contribution in [-0.2, 0) is 6.42 Å². The minimum Gasteiger partial charge on any atom is -0.393 e. The van der Waals surface area contributed by atoms with Gasteiger partial charge in [-0.2, -0.15) is 0 Å². The Morgan fingerprint density at radius 2 is 2.36 bits per heavy atom. The summed E-state index contributed by atoms with van der Waals surface area (Å²) in [6, 6.07) is 1.98. The van der Waals surface area contributed by atoms with Crippen LogP contribution in [0.1, 0.15) is 23.5 Å². The molecule has 0 aliphatic rings. The van der Waals surface area contributed by atoms with Crippen molar-refractivity contribution in [1.82, 2.24) is 0 Å². The molecule has 1 aromatic heterocycles. The summed E-state index contributed by atoms with van der Waals surface area (Å²) in [7, 11) is 0. The maximum atomic E-state index is 9.29. The van der Waals surface area contributed by atoms with Gasteiger partial charge >= 0.3 is 0 Å². The van der Waals surface area contributed by atoms with Gasteiger partial charge in [-0.1, -0.05) is 6.92 Å². The highest BCUT2D eigenvalue weighted by molar-refractivity contribution is 7.10. The van der Waals surface area contributed by atoms with Crippen molar-refractivity contribution in [3.63, 3.8) is 0 Å². The Morgan fingerprint density at radius 1 is 1.64 bits per heavy atom. The van der Waals surface area contributed by atoms with Crippen molar-refractivity contribution in [2.45, 2.75) is 19.4 Å². The SMILES string of the molecule is CCc1ccsc1C(O)CO. The fourth-order valence-corrected chi connectivity index (χ4v) is 1.99. The van der Waals surface area contributed by atoms with Crippen molar-refractivity contribution >= 4 is 11.3 Å². The summed E-state index contributed by atoms with van der Waals surface area (Å²) >= 11 is 1.50. The topological polar surface area (TPSA) is 40.5 Å². The molecule has 0 bridgehead atoms. The molecule has 1 heterocycles. The molecule has 3 heteroatoms. The molecule has 1 aromatic rings. The average Bonchev–Trinajstić information content (AvgIpc) is 2.50. The number of aliphatic hydroxyl groups is 2. The first-order valence-electron chi connectivity index (χ1n) is 3.64. The van der Waals surface area contributed by atoms with Crippen molar-refractivity contribution in [3.8, 4) is 0 Å². The van der Waals surface area contributed by atoms with E-state index in [1.165, 1.54) is 11.3 Å². The highest BCUT2D eigenvalue weighted by atomic mass is 32.1. The van der Waals surface area contributed by atoms with Crippen molar-refractivity contribution < 1.29 is 10.2 Å². The van der Waals surface area contributed by atoms with Gasteiger partial charge in [0.15, 0.2) is 0 Å². The fraction of sp³-hybridized carbons (Fsp3) is 0.500. The molecule has 2 N–H and O–H groups in total. The zero-order valence-electron chi connectivity index (χ0n) is 6.45. The fourth-order valence-electron chi connectivity index (χ4n) is 1.01. The number of hydrogen-bond donors (Lipinski definition) is 2. The predicted molar refractivity (Wildman–Crippen MR) is 45.7 cm³/mol. The quantitative estimate of drug-likeness (QED) is 0.722. The molecule has 0 aliphatic carbocycles. The van der Waals surface area contributed by atoms with Gasteiger partial charge in [0, 0.05) is 4.88 Å². The van der Waals surface area contributed by atoms with Crippen LogP contribution in [-0.4, -0.2) is 16.8 Å². The smallest absolute Gasteiger partial charge is 0.111 e. The molecule has 0 saturated carbocycles. The molecule has 1 rings (SSSR count). The van der Waals surface area contributed by atoms with Crippen LogP contribution in [0.5, 0.6) is 0 Å². The van der Waals surface area contributed by atoms with E-state index in [-0.39, 0.29) is 6.61 Å². The molecule has 11 heavy (non-hydrogen) atoms. The molecule has 1 unspecified atom stereocenters. The Kier molecular flexibility index (Phi) is 3.05. The predicted octanol–water partition coefficient (Wildman–Crippen LogP) is 1.34. The third-order valence-corrected chi connectivity index (χ3v) is 2.70. The van der Waals surface area contributed by atoms with Crippen LogP contribution in [0, 0.1) is 0 Å². The number of aliphatic hydroxyl groups excluding tert-OH is 2. The van der Waals surface area contributed by atoms with Crippen LogP contribution in [0.25, 0.3) is 0 Å². The lowest BCUT2D eigenvalue weighted by atomic mass is 10.1. The average molecular weight is 172 g/mol. The second-order valence-corrected chi connectivity index (χ2v) is 3.31. The van der Waals surface area contributed by atoms with Gasteiger partial charge < -0.3 is 10.2 Å². The van der Waals surface area contributed by atoms with Crippen LogP contribution >= 0.6 is 11.3 Å². The highest BCUT2D eigenvalue weighted by Gasteiger charge is 2.10. The Bertz CT molecular complexity index is 220. The number of rotatable bonds is 3. The molecule has 0 aromatic carbocycles. The summed E-state index contributed by atoms with van der Waals surface area (Å²) in [5.41, 5.74) is 1.14. The summed E-state index contributed by atoms with van der Waals surface area (Å²) in [6.45, 7) is 1.85. The zero-order valence-corrected chi connectivity index (χ0v) is 7.27. The molecule has 1 atom stereocenters. The molecule has 0 aliphatic heterocycles. The van der Waals surface area contributed by atoms with Crippen molar-refractivity contribution in [3.05, 3.63) is 21.9 Å². The Hall–Kier alpha value is -0.380. The largest absolute Gasteiger partial charge is 0.393 e. The van der Waals surface area contributed by atoms with Gasteiger partial charge in [-0.15, -0.1) is 11.3 Å². The summed E-state index contributed by atoms with van der Waals surface area (Å²) in [5.74, 6) is 0. The van der Waals surface area contributed by atoms with Gasteiger partial charge in [-0.05, 0) is 23.4 Å². The molecular weight excluding hydrogens is 160 g/mol. The Morgan fingerprint density at radius 3 is 2.91 bits per heavy atom. The summed E-state index contributed by atoms with van der Waals surface area (Å²) < 4.78 is 0. The first-order chi connectivity index (χ1) is 5.29. The van der Waals surface area contributed by atoms with E-state index in [1.807, 2.05) is 18.4 Å². The molecule has 0 amide bonds. The number of hydrogen-bond acceptors (Lipinski definition) is 3. The Labute approximate surface area is 70.1 Å². The van der Waals surface area contributed by atoms with E-state index in [2.05, 4.69) is 0 Å². The third kappa shape index (κ3) is 1.80. The van der Waals surface area contributed by atoms with Gasteiger partial charge in [-0.25, -0.2) is 0 Å². The van der Waals surface area contributed by atoms with Gasteiger partial charge in [-0.3, -0.25) is 0 Å². The summed E-state index contributed by atoms with van der Waals surface area (Å²) in [5, 5.41) is 19.9. The standard InChI is InChI=1S/C8H12O2S/c1-2-6-3-4-11-8(6)7(10)5-9/h3-4,7,9-10H,2,5H2,1H3. The lowest BCUT2D eigenvalue weighted by Gasteiger charge is -2.05. The molecule has 0 fully saturated rings. The molecule has 0 radical (unpaired) electrons. The normalized spacial score (nSPS) is 13.4. The maximum Gasteiger partial charge on any atom is 0.111 e. The molecule has 2 nitrogen and oxygen atoms in total. The first kappa shape index (κ1) is 8.71. The first-order valence-corrected chi connectivity index (χ1v) is 4.52. The van der Waals surface area contributed by atoms with Crippen LogP contribution in [0.3, 0.4) is 0 Å². The monoisotopic (exact) mass is 172 g/mol. The minimum absolute atomic E-state index is 0.187. The van der Waals surface area contributed by atoms with E-state index in [0.717, 1.165) is 16.9 Å². The lowest BCUT2D eigenvalue weighted by Crippen LogP contribution is -2.02. The second kappa shape index (κ2) is 3.85. The van der Waals surface area contributed by atoms with Gasteiger partial charge in [0.1, 0.15) is 6.10 Å². The number of thiophene rings is 1. The van der Waals surface area contributed by atoms with Crippen molar-refractivity contribution in [2.24, 2.45) is 0 Å². The summed E-state index contributed by atoms with van der Waals surface area (Å²) in [4.78, 5) is 0.898. The molecule has 0 saturated heterocycles. The minimum atomic E-state index is -0.690. The molecular formula is C8H12O2S. The van der Waals surface area contributed by atoms with E-state index < -0.39 is 6.10 Å². The van der Waals surface area contributed by atoms with Gasteiger partial charge in [0.2, 0.25) is 0 Å². The van der Waals surface area contributed by atoms with Gasteiger partial charge in [0.25, 0.3) is 0 Å². The van der Waals surface area contributed by atoms with E-state index >= 15 is 0 Å². The number of aryl methyl sites for hydroxylation is 1. The van der Waals surface area contributed by atoms with Crippen LogP contribution in [0.2, 0.25) is 0 Å². The van der Waals surface area contributed by atoms with E-state index in [1.54, 1.807) is 0 Å². The van der Waals surface area contributed by atoms with Crippen LogP contribution in [0.4, 0.5) is 0 Å². The van der Waals surface area contributed by atoms with Gasteiger partial charge in [0.05, 0.1) is 6.61 Å². The van der Waals surface area contributed by atoms with E-state index in [9.17, 15) is 5.11 Å². The zero-order chi connectivity index (χ0) is 8.27. The summed E-state index contributed by atoms with van der Waals surface area (Å²) in [6.07, 6.45) is 0.223. The van der Waals surface area contributed by atoms with Crippen LogP contribution in [0.15, 0.2) is 11.4 Å². The lowest BCUT2D eigenvalue weighted by molar-refractivity contribution is 0.0977.